The van der Waals surface area contributed by atoms with Crippen LogP contribution >= 0.6 is 23.2 Å². The van der Waals surface area contributed by atoms with Gasteiger partial charge in [-0.15, -0.1) is 0 Å². The van der Waals surface area contributed by atoms with Crippen molar-refractivity contribution in [2.45, 2.75) is 26.2 Å². The monoisotopic (exact) mass is 413 g/mol. The Labute approximate surface area is 175 Å². The van der Waals surface area contributed by atoms with E-state index < -0.39 is 0 Å². The molecule has 28 heavy (non-hydrogen) atoms. The number of amides is 1. The number of anilines is 1. The predicted octanol–water partition coefficient (Wildman–Crippen LogP) is 7.42. The van der Waals surface area contributed by atoms with Gasteiger partial charge in [0.05, 0.1) is 5.02 Å². The minimum atomic E-state index is -0.210. The van der Waals surface area contributed by atoms with E-state index in [0.717, 1.165) is 23.2 Å². The van der Waals surface area contributed by atoms with E-state index in [1.807, 2.05) is 30.3 Å². The summed E-state index contributed by atoms with van der Waals surface area (Å²) in [5, 5.41) is 4.02. The molecule has 0 saturated heterocycles. The average molecular weight is 414 g/mol. The highest BCUT2D eigenvalue weighted by Crippen LogP contribution is 2.32. The van der Waals surface area contributed by atoms with Crippen LogP contribution in [0.1, 0.15) is 37.5 Å². The first kappa shape index (κ1) is 20.2. The zero-order valence-electron chi connectivity index (χ0n) is 15.7. The number of hydrogen-bond acceptors (Lipinski definition) is 2. The number of carbonyl (C=O) groups excluding carboxylic acids is 1. The van der Waals surface area contributed by atoms with Crippen LogP contribution in [0.25, 0.3) is 17.4 Å². The van der Waals surface area contributed by atoms with E-state index >= 15 is 0 Å². The van der Waals surface area contributed by atoms with Crippen molar-refractivity contribution in [3.63, 3.8) is 0 Å². The van der Waals surface area contributed by atoms with E-state index in [1.165, 1.54) is 6.08 Å². The van der Waals surface area contributed by atoms with Gasteiger partial charge in [0, 0.05) is 22.3 Å². The van der Waals surface area contributed by atoms with Crippen LogP contribution in [0.15, 0.2) is 65.1 Å². The summed E-state index contributed by atoms with van der Waals surface area (Å²) < 4.78 is 5.78. The van der Waals surface area contributed by atoms with Crippen LogP contribution < -0.4 is 5.32 Å². The first-order valence-corrected chi connectivity index (χ1v) is 9.86. The van der Waals surface area contributed by atoms with Crippen LogP contribution in [0.2, 0.25) is 10.0 Å². The summed E-state index contributed by atoms with van der Waals surface area (Å²) in [6.45, 7) is 4.28. The topological polar surface area (TPSA) is 42.2 Å². The third-order valence-corrected chi connectivity index (χ3v) is 5.13. The first-order chi connectivity index (χ1) is 13.5. The van der Waals surface area contributed by atoms with Crippen molar-refractivity contribution in [3.05, 3.63) is 82.0 Å². The quantitative estimate of drug-likeness (QED) is 0.427. The fourth-order valence-electron chi connectivity index (χ4n) is 2.87. The Morgan fingerprint density at radius 2 is 1.93 bits per heavy atom. The molecular weight excluding hydrogens is 393 g/mol. The molecule has 0 fully saturated rings. The number of para-hydroxylation sites is 1. The van der Waals surface area contributed by atoms with Crippen LogP contribution in [0.4, 0.5) is 5.69 Å². The predicted molar refractivity (Wildman–Crippen MR) is 117 cm³/mol. The molecule has 0 aliphatic rings. The highest BCUT2D eigenvalue weighted by Gasteiger charge is 2.11. The van der Waals surface area contributed by atoms with E-state index in [0.29, 0.717) is 27.5 Å². The van der Waals surface area contributed by atoms with Crippen LogP contribution in [0, 0.1) is 0 Å². The average Bonchev–Trinajstić information content (AvgIpc) is 3.15. The van der Waals surface area contributed by atoms with E-state index in [-0.39, 0.29) is 5.91 Å². The molecule has 3 aromatic rings. The van der Waals surface area contributed by atoms with Crippen molar-refractivity contribution in [2.75, 3.05) is 5.32 Å². The Balaban J connectivity index is 1.71. The molecule has 0 aliphatic carbocycles. The van der Waals surface area contributed by atoms with Crippen molar-refractivity contribution >= 4 is 40.9 Å². The lowest BCUT2D eigenvalue weighted by Crippen LogP contribution is -2.10. The number of hydrogen-bond donors (Lipinski definition) is 1. The maximum Gasteiger partial charge on any atom is 0.248 e. The van der Waals surface area contributed by atoms with Gasteiger partial charge in [0.1, 0.15) is 11.5 Å². The second-order valence-corrected chi connectivity index (χ2v) is 7.39. The van der Waals surface area contributed by atoms with Gasteiger partial charge in [-0.1, -0.05) is 55.2 Å². The van der Waals surface area contributed by atoms with Crippen molar-refractivity contribution in [1.82, 2.24) is 0 Å². The lowest BCUT2D eigenvalue weighted by molar-refractivity contribution is -0.111. The van der Waals surface area contributed by atoms with E-state index in [9.17, 15) is 4.79 Å². The van der Waals surface area contributed by atoms with Gasteiger partial charge in [0.25, 0.3) is 0 Å². The Hall–Kier alpha value is -2.49. The van der Waals surface area contributed by atoms with Gasteiger partial charge < -0.3 is 9.73 Å². The molecule has 3 rings (SSSR count). The standard InChI is InChI=1S/C23H21Cl2NO2/c1-3-15(2)18-6-4-5-7-21(18)26-23(27)13-10-17-9-12-22(28-17)19-11-8-16(24)14-20(19)25/h4-15H,3H2,1-2H3,(H,26,27)/b13-10+/t15-/m0/s1. The van der Waals surface area contributed by atoms with Crippen LogP contribution in [-0.4, -0.2) is 5.91 Å². The Bertz CT molecular complexity index is 1010. The molecule has 1 atom stereocenters. The van der Waals surface area contributed by atoms with Gasteiger partial charge in [0.2, 0.25) is 5.91 Å². The molecule has 0 saturated carbocycles. The molecule has 144 valence electrons. The molecule has 0 unspecified atom stereocenters. The first-order valence-electron chi connectivity index (χ1n) is 9.11. The molecule has 5 heteroatoms. The summed E-state index contributed by atoms with van der Waals surface area (Å²) >= 11 is 12.1. The van der Waals surface area contributed by atoms with Crippen molar-refractivity contribution in [1.29, 1.82) is 0 Å². The van der Waals surface area contributed by atoms with Crippen LogP contribution in [-0.2, 0) is 4.79 Å². The fraction of sp³-hybridized carbons (Fsp3) is 0.174. The van der Waals surface area contributed by atoms with Gasteiger partial charge >= 0.3 is 0 Å². The summed E-state index contributed by atoms with van der Waals surface area (Å²) in [6.07, 6.45) is 4.10. The third kappa shape index (κ3) is 4.86. The van der Waals surface area contributed by atoms with Gasteiger partial charge in [-0.3, -0.25) is 4.79 Å². The lowest BCUT2D eigenvalue weighted by Gasteiger charge is -2.14. The third-order valence-electron chi connectivity index (χ3n) is 4.58. The minimum absolute atomic E-state index is 0.210. The maximum absolute atomic E-state index is 12.3. The number of halogens is 2. The molecule has 0 aliphatic heterocycles. The Kier molecular flexibility index (Phi) is 6.61. The zero-order chi connectivity index (χ0) is 20.1. The summed E-state index contributed by atoms with van der Waals surface area (Å²) in [7, 11) is 0. The Morgan fingerprint density at radius 1 is 1.14 bits per heavy atom. The molecular formula is C23H21Cl2NO2. The number of rotatable bonds is 6. The van der Waals surface area contributed by atoms with Gasteiger partial charge in [0.15, 0.2) is 0 Å². The minimum Gasteiger partial charge on any atom is -0.457 e. The molecule has 0 bridgehead atoms. The number of nitrogens with one attached hydrogen (secondary N) is 1. The smallest absolute Gasteiger partial charge is 0.248 e. The van der Waals surface area contributed by atoms with E-state index in [2.05, 4.69) is 19.2 Å². The molecule has 0 spiro atoms. The van der Waals surface area contributed by atoms with Gasteiger partial charge in [-0.25, -0.2) is 0 Å². The van der Waals surface area contributed by atoms with Crippen LogP contribution in [0.3, 0.4) is 0 Å². The second-order valence-electron chi connectivity index (χ2n) is 6.55. The summed E-state index contributed by atoms with van der Waals surface area (Å²) in [5.74, 6) is 1.34. The Morgan fingerprint density at radius 3 is 2.68 bits per heavy atom. The normalized spacial score (nSPS) is 12.3. The molecule has 1 N–H and O–H groups in total. The van der Waals surface area contributed by atoms with Crippen molar-refractivity contribution in [3.8, 4) is 11.3 Å². The molecule has 3 nitrogen and oxygen atoms in total. The van der Waals surface area contributed by atoms with Gasteiger partial charge in [-0.05, 0) is 60.4 Å². The molecule has 1 amide bonds. The fourth-order valence-corrected chi connectivity index (χ4v) is 3.37. The van der Waals surface area contributed by atoms with E-state index in [1.54, 1.807) is 30.3 Å². The highest BCUT2D eigenvalue weighted by atomic mass is 35.5. The summed E-state index contributed by atoms with van der Waals surface area (Å²) in [5.41, 5.74) is 2.71. The zero-order valence-corrected chi connectivity index (χ0v) is 17.2. The van der Waals surface area contributed by atoms with E-state index in [4.69, 9.17) is 27.6 Å². The lowest BCUT2D eigenvalue weighted by atomic mass is 9.97. The second kappa shape index (κ2) is 9.13. The number of furan rings is 1. The largest absolute Gasteiger partial charge is 0.457 e. The number of benzene rings is 2. The molecule has 1 heterocycles. The van der Waals surface area contributed by atoms with Gasteiger partial charge in [-0.2, -0.15) is 0 Å². The maximum atomic E-state index is 12.3. The summed E-state index contributed by atoms with van der Waals surface area (Å²) in [4.78, 5) is 12.3. The van der Waals surface area contributed by atoms with Crippen molar-refractivity contribution < 1.29 is 9.21 Å². The number of carbonyl (C=O) groups is 1. The van der Waals surface area contributed by atoms with Crippen molar-refractivity contribution in [2.24, 2.45) is 0 Å². The summed E-state index contributed by atoms with van der Waals surface area (Å²) in [6, 6.07) is 16.7. The SMILES string of the molecule is CC[C@H](C)c1ccccc1NC(=O)/C=C/c1ccc(-c2ccc(Cl)cc2Cl)o1. The molecule has 1 aromatic heterocycles. The highest BCUT2D eigenvalue weighted by molar-refractivity contribution is 6.36. The van der Waals surface area contributed by atoms with Crippen LogP contribution in [0.5, 0.6) is 0 Å². The molecule has 0 radical (unpaired) electrons. The molecule has 2 aromatic carbocycles.